The molecule has 0 aliphatic carbocycles. The van der Waals surface area contributed by atoms with Crippen LogP contribution in [0.25, 0.3) is 0 Å². The molecule has 1 aromatic rings. The van der Waals surface area contributed by atoms with E-state index in [1.165, 1.54) is 13.8 Å². The zero-order valence-electron chi connectivity index (χ0n) is 10.1. The molecule has 0 saturated heterocycles. The van der Waals surface area contributed by atoms with Crippen molar-refractivity contribution < 1.29 is 9.59 Å². The van der Waals surface area contributed by atoms with Crippen LogP contribution in [0, 0.1) is 0 Å². The van der Waals surface area contributed by atoms with Crippen molar-refractivity contribution in [2.45, 2.75) is 33.7 Å². The first-order valence-corrected chi connectivity index (χ1v) is 5.33. The van der Waals surface area contributed by atoms with Crippen LogP contribution in [0.15, 0.2) is 18.2 Å². The second-order valence-corrected chi connectivity index (χ2v) is 4.21. The Balaban J connectivity index is 3.18. The first kappa shape index (κ1) is 12.4. The molecule has 0 aliphatic heterocycles. The number of rotatable bonds is 4. The van der Waals surface area contributed by atoms with E-state index in [0.29, 0.717) is 11.1 Å². The second kappa shape index (κ2) is 4.92. The van der Waals surface area contributed by atoms with Gasteiger partial charge in [-0.15, -0.1) is 0 Å². The first-order valence-electron chi connectivity index (χ1n) is 5.33. The van der Waals surface area contributed by atoms with Gasteiger partial charge in [0, 0.05) is 22.9 Å². The molecule has 1 N–H and O–H groups in total. The highest BCUT2D eigenvalue weighted by molar-refractivity contribution is 6.01. The zero-order valence-corrected chi connectivity index (χ0v) is 10.1. The van der Waals surface area contributed by atoms with Gasteiger partial charge in [-0.1, -0.05) is 0 Å². The summed E-state index contributed by atoms with van der Waals surface area (Å²) in [5.74, 6) is -0.0650. The maximum atomic E-state index is 11.3. The normalized spacial score (nSPS) is 10.3. The van der Waals surface area contributed by atoms with Crippen LogP contribution in [-0.4, -0.2) is 17.6 Å². The lowest BCUT2D eigenvalue weighted by molar-refractivity contribution is 0.101. The molecule has 1 rings (SSSR count). The summed E-state index contributed by atoms with van der Waals surface area (Å²) < 4.78 is 0. The van der Waals surface area contributed by atoms with Gasteiger partial charge in [0.2, 0.25) is 0 Å². The summed E-state index contributed by atoms with van der Waals surface area (Å²) in [6.45, 7) is 7.01. The lowest BCUT2D eigenvalue weighted by atomic mass is 10.0. The Hall–Kier alpha value is -1.64. The van der Waals surface area contributed by atoms with Crippen LogP contribution >= 0.6 is 0 Å². The summed E-state index contributed by atoms with van der Waals surface area (Å²) in [5.41, 5.74) is 1.94. The summed E-state index contributed by atoms with van der Waals surface area (Å²) in [6.07, 6.45) is 0. The van der Waals surface area contributed by atoms with E-state index >= 15 is 0 Å². The maximum absolute atomic E-state index is 11.3. The molecule has 0 aromatic heterocycles. The van der Waals surface area contributed by atoms with Gasteiger partial charge in [0.15, 0.2) is 11.6 Å². The van der Waals surface area contributed by atoms with E-state index in [2.05, 4.69) is 5.32 Å². The zero-order chi connectivity index (χ0) is 12.3. The van der Waals surface area contributed by atoms with Crippen LogP contribution in [0.4, 0.5) is 5.69 Å². The molecular formula is C13H17NO2. The van der Waals surface area contributed by atoms with Crippen LogP contribution in [-0.2, 0) is 0 Å². The highest BCUT2D eigenvalue weighted by Crippen LogP contribution is 2.17. The Morgan fingerprint density at radius 1 is 1.00 bits per heavy atom. The van der Waals surface area contributed by atoms with Gasteiger partial charge < -0.3 is 5.32 Å². The van der Waals surface area contributed by atoms with Crippen LogP contribution < -0.4 is 5.32 Å². The average Bonchev–Trinajstić information content (AvgIpc) is 2.15. The number of Topliss-reactive ketones (excluding diaryl/α,β-unsaturated/α-hetero) is 2. The third-order valence-corrected chi connectivity index (χ3v) is 2.20. The first-order chi connectivity index (χ1) is 7.40. The fraction of sp³-hybridized carbons (Fsp3) is 0.385. The van der Waals surface area contributed by atoms with Crippen molar-refractivity contribution in [3.8, 4) is 0 Å². The van der Waals surface area contributed by atoms with Crippen molar-refractivity contribution >= 4 is 17.3 Å². The second-order valence-electron chi connectivity index (χ2n) is 4.21. The van der Waals surface area contributed by atoms with Crippen LogP contribution in [0.2, 0.25) is 0 Å². The number of anilines is 1. The molecule has 1 aromatic carbocycles. The molecule has 3 heteroatoms. The monoisotopic (exact) mass is 219 g/mol. The van der Waals surface area contributed by atoms with E-state index in [0.717, 1.165) is 5.69 Å². The van der Waals surface area contributed by atoms with Gasteiger partial charge in [0.05, 0.1) is 0 Å². The molecule has 0 saturated carbocycles. The summed E-state index contributed by atoms with van der Waals surface area (Å²) in [7, 11) is 0. The van der Waals surface area contributed by atoms with Crippen molar-refractivity contribution in [3.05, 3.63) is 29.3 Å². The maximum Gasteiger partial charge on any atom is 0.159 e. The Morgan fingerprint density at radius 2 is 1.44 bits per heavy atom. The predicted octanol–water partition coefficient (Wildman–Crippen LogP) is 2.91. The van der Waals surface area contributed by atoms with Crippen LogP contribution in [0.5, 0.6) is 0 Å². The van der Waals surface area contributed by atoms with Crippen LogP contribution in [0.3, 0.4) is 0 Å². The van der Waals surface area contributed by atoms with E-state index < -0.39 is 0 Å². The summed E-state index contributed by atoms with van der Waals surface area (Å²) in [4.78, 5) is 22.6. The molecule has 0 radical (unpaired) electrons. The largest absolute Gasteiger partial charge is 0.383 e. The predicted molar refractivity (Wildman–Crippen MR) is 65.2 cm³/mol. The minimum Gasteiger partial charge on any atom is -0.383 e. The summed E-state index contributed by atoms with van der Waals surface area (Å²) in [6, 6.07) is 5.45. The lowest BCUT2D eigenvalue weighted by Gasteiger charge is -2.12. The molecular weight excluding hydrogens is 202 g/mol. The van der Waals surface area contributed by atoms with E-state index in [1.54, 1.807) is 18.2 Å². The summed E-state index contributed by atoms with van der Waals surface area (Å²) in [5, 5.41) is 3.19. The minimum absolute atomic E-state index is 0.0325. The van der Waals surface area contributed by atoms with Gasteiger partial charge in [-0.3, -0.25) is 9.59 Å². The van der Waals surface area contributed by atoms with Crippen LogP contribution in [0.1, 0.15) is 48.4 Å². The smallest absolute Gasteiger partial charge is 0.159 e. The standard InChI is InChI=1S/C13H17NO2/c1-8(2)14-13-6-11(9(3)15)5-12(7-13)10(4)16/h5-8,14H,1-4H3. The molecule has 0 bridgehead atoms. The summed E-state index contributed by atoms with van der Waals surface area (Å²) >= 11 is 0. The van der Waals surface area contributed by atoms with Gasteiger partial charge in [-0.05, 0) is 45.9 Å². The number of hydrogen-bond donors (Lipinski definition) is 1. The number of benzene rings is 1. The van der Waals surface area contributed by atoms with E-state index in [9.17, 15) is 9.59 Å². The molecule has 0 amide bonds. The number of carbonyl (C=O) groups excluding carboxylic acids is 2. The van der Waals surface area contributed by atoms with Crippen molar-refractivity contribution in [2.75, 3.05) is 5.32 Å². The quantitative estimate of drug-likeness (QED) is 0.792. The molecule has 0 aliphatic rings. The van der Waals surface area contributed by atoms with Gasteiger partial charge in [-0.25, -0.2) is 0 Å². The molecule has 3 nitrogen and oxygen atoms in total. The van der Waals surface area contributed by atoms with Gasteiger partial charge >= 0.3 is 0 Å². The number of hydrogen-bond acceptors (Lipinski definition) is 3. The Labute approximate surface area is 95.9 Å². The molecule has 86 valence electrons. The highest BCUT2D eigenvalue weighted by Gasteiger charge is 2.08. The van der Waals surface area contributed by atoms with Crippen molar-refractivity contribution in [1.82, 2.24) is 0 Å². The van der Waals surface area contributed by atoms with Crippen molar-refractivity contribution in [2.24, 2.45) is 0 Å². The Bertz CT molecular complexity index is 390. The molecule has 0 heterocycles. The minimum atomic E-state index is -0.0325. The lowest BCUT2D eigenvalue weighted by Crippen LogP contribution is -2.11. The van der Waals surface area contributed by atoms with Gasteiger partial charge in [0.25, 0.3) is 0 Å². The van der Waals surface area contributed by atoms with Gasteiger partial charge in [-0.2, -0.15) is 0 Å². The Morgan fingerprint density at radius 3 is 1.75 bits per heavy atom. The molecule has 0 unspecified atom stereocenters. The third kappa shape index (κ3) is 3.19. The Kier molecular flexibility index (Phi) is 3.82. The highest BCUT2D eigenvalue weighted by atomic mass is 16.1. The molecule has 0 spiro atoms. The van der Waals surface area contributed by atoms with E-state index in [1.807, 2.05) is 13.8 Å². The van der Waals surface area contributed by atoms with Gasteiger partial charge in [0.1, 0.15) is 0 Å². The number of carbonyl (C=O) groups is 2. The van der Waals surface area contributed by atoms with Crippen molar-refractivity contribution in [3.63, 3.8) is 0 Å². The fourth-order valence-electron chi connectivity index (χ4n) is 1.45. The molecule has 16 heavy (non-hydrogen) atoms. The molecule has 0 atom stereocenters. The van der Waals surface area contributed by atoms with Crippen molar-refractivity contribution in [1.29, 1.82) is 0 Å². The SMILES string of the molecule is CC(=O)c1cc(NC(C)C)cc(C(C)=O)c1. The number of nitrogens with one attached hydrogen (secondary N) is 1. The number of ketones is 2. The molecule has 0 fully saturated rings. The van der Waals surface area contributed by atoms with E-state index in [4.69, 9.17) is 0 Å². The fourth-order valence-corrected chi connectivity index (χ4v) is 1.45. The third-order valence-electron chi connectivity index (χ3n) is 2.20. The van der Waals surface area contributed by atoms with E-state index in [-0.39, 0.29) is 17.6 Å². The topological polar surface area (TPSA) is 46.2 Å². The average molecular weight is 219 g/mol.